The normalized spacial score (nSPS) is 12.1. The molecular weight excluding hydrogens is 236 g/mol. The Labute approximate surface area is 96.7 Å². The van der Waals surface area contributed by atoms with E-state index in [0.29, 0.717) is 6.42 Å². The number of hydrogen-bond acceptors (Lipinski definition) is 4. The Morgan fingerprint density at radius 3 is 2.81 bits per heavy atom. The van der Waals surface area contributed by atoms with Crippen molar-refractivity contribution in [3.63, 3.8) is 0 Å². The summed E-state index contributed by atoms with van der Waals surface area (Å²) in [5, 5.41) is 12.9. The van der Waals surface area contributed by atoms with Gasteiger partial charge in [0.25, 0.3) is 5.91 Å². The van der Waals surface area contributed by atoms with E-state index in [1.807, 2.05) is 6.92 Å². The predicted octanol–water partition coefficient (Wildman–Crippen LogP) is 1.93. The Morgan fingerprint density at radius 2 is 2.38 bits per heavy atom. The number of nitrogens with zero attached hydrogens (tertiary/aromatic N) is 1. The zero-order valence-corrected chi connectivity index (χ0v) is 9.36. The fraction of sp³-hybridized carbons (Fsp3) is 0.444. The van der Waals surface area contributed by atoms with Crippen molar-refractivity contribution in [2.75, 3.05) is 5.88 Å². The molecule has 0 saturated carbocycles. The second kappa shape index (κ2) is 5.50. The van der Waals surface area contributed by atoms with E-state index in [4.69, 9.17) is 16.0 Å². The lowest BCUT2D eigenvalue weighted by atomic mass is 10.2. The van der Waals surface area contributed by atoms with Crippen LogP contribution in [0, 0.1) is 10.1 Å². The molecule has 0 aliphatic heterocycles. The van der Waals surface area contributed by atoms with Crippen LogP contribution in [-0.2, 0) is 0 Å². The van der Waals surface area contributed by atoms with Crippen LogP contribution in [0.1, 0.15) is 23.9 Å². The SMILES string of the molecule is CCC(CCl)NC(=O)c1ccc([N+](=O)[O-])o1. The number of nitrogens with one attached hydrogen (secondary N) is 1. The first kappa shape index (κ1) is 12.5. The number of carbonyl (C=O) groups excluding carboxylic acids is 1. The third-order valence-corrected chi connectivity index (χ3v) is 2.38. The fourth-order valence-electron chi connectivity index (χ4n) is 1.05. The second-order valence-electron chi connectivity index (χ2n) is 3.13. The summed E-state index contributed by atoms with van der Waals surface area (Å²) in [5.41, 5.74) is 0. The van der Waals surface area contributed by atoms with Gasteiger partial charge in [0.2, 0.25) is 0 Å². The van der Waals surface area contributed by atoms with Gasteiger partial charge >= 0.3 is 5.88 Å². The monoisotopic (exact) mass is 246 g/mol. The highest BCUT2D eigenvalue weighted by atomic mass is 35.5. The molecule has 0 aliphatic carbocycles. The van der Waals surface area contributed by atoms with Gasteiger partial charge in [-0.2, -0.15) is 0 Å². The summed E-state index contributed by atoms with van der Waals surface area (Å²) in [5.74, 6) is -0.759. The first-order chi connectivity index (χ1) is 7.58. The summed E-state index contributed by atoms with van der Waals surface area (Å²) in [6, 6.07) is 2.23. The standard InChI is InChI=1S/C9H11ClN2O4/c1-2-6(5-10)11-9(13)7-3-4-8(16-7)12(14)15/h3-4,6H,2,5H2,1H3,(H,11,13). The van der Waals surface area contributed by atoms with Crippen LogP contribution in [0.2, 0.25) is 0 Å². The van der Waals surface area contributed by atoms with Gasteiger partial charge in [-0.05, 0) is 12.5 Å². The largest absolute Gasteiger partial charge is 0.433 e. The first-order valence-corrected chi connectivity index (χ1v) is 5.23. The van der Waals surface area contributed by atoms with Crippen molar-refractivity contribution in [3.8, 4) is 0 Å². The minimum absolute atomic E-state index is 0.0877. The molecule has 0 saturated heterocycles. The third kappa shape index (κ3) is 2.96. The molecule has 0 radical (unpaired) electrons. The molecular formula is C9H11ClN2O4. The summed E-state index contributed by atoms with van der Waals surface area (Å²) < 4.78 is 4.74. The topological polar surface area (TPSA) is 85.4 Å². The van der Waals surface area contributed by atoms with E-state index >= 15 is 0 Å². The quantitative estimate of drug-likeness (QED) is 0.489. The van der Waals surface area contributed by atoms with Crippen LogP contribution in [-0.4, -0.2) is 22.8 Å². The van der Waals surface area contributed by atoms with E-state index in [1.54, 1.807) is 0 Å². The Balaban J connectivity index is 2.69. The van der Waals surface area contributed by atoms with Crippen molar-refractivity contribution in [2.45, 2.75) is 19.4 Å². The van der Waals surface area contributed by atoms with Gasteiger partial charge in [0.15, 0.2) is 5.76 Å². The van der Waals surface area contributed by atoms with E-state index in [-0.39, 0.29) is 17.7 Å². The maximum Gasteiger partial charge on any atom is 0.433 e. The zero-order chi connectivity index (χ0) is 12.1. The van der Waals surface area contributed by atoms with Crippen molar-refractivity contribution in [1.29, 1.82) is 0 Å². The van der Waals surface area contributed by atoms with E-state index < -0.39 is 16.7 Å². The van der Waals surface area contributed by atoms with Crippen molar-refractivity contribution >= 4 is 23.4 Å². The van der Waals surface area contributed by atoms with Crippen molar-refractivity contribution in [3.05, 3.63) is 28.0 Å². The summed E-state index contributed by atoms with van der Waals surface area (Å²) >= 11 is 5.60. The number of hydrogen-bond donors (Lipinski definition) is 1. The highest BCUT2D eigenvalue weighted by Gasteiger charge is 2.18. The molecule has 0 aromatic carbocycles. The van der Waals surface area contributed by atoms with Gasteiger partial charge in [0.05, 0.1) is 6.07 Å². The molecule has 1 aromatic rings. The van der Waals surface area contributed by atoms with Crippen molar-refractivity contribution < 1.29 is 14.1 Å². The summed E-state index contributed by atoms with van der Waals surface area (Å²) in [6.07, 6.45) is 0.679. The Hall–Kier alpha value is -1.56. The van der Waals surface area contributed by atoms with Crippen LogP contribution in [0.25, 0.3) is 0 Å². The molecule has 16 heavy (non-hydrogen) atoms. The molecule has 1 N–H and O–H groups in total. The molecule has 1 unspecified atom stereocenters. The molecule has 0 spiro atoms. The van der Waals surface area contributed by atoms with E-state index in [1.165, 1.54) is 6.07 Å². The average Bonchev–Trinajstić information content (AvgIpc) is 2.74. The van der Waals surface area contributed by atoms with E-state index in [0.717, 1.165) is 6.07 Å². The number of rotatable bonds is 5. The Bertz CT molecular complexity index is 387. The van der Waals surface area contributed by atoms with Crippen molar-refractivity contribution in [2.24, 2.45) is 0 Å². The number of halogens is 1. The maximum atomic E-state index is 11.5. The molecule has 6 nitrogen and oxygen atoms in total. The van der Waals surface area contributed by atoms with Crippen molar-refractivity contribution in [1.82, 2.24) is 5.32 Å². The summed E-state index contributed by atoms with van der Waals surface area (Å²) in [7, 11) is 0. The summed E-state index contributed by atoms with van der Waals surface area (Å²) in [4.78, 5) is 21.2. The number of alkyl halides is 1. The average molecular weight is 247 g/mol. The predicted molar refractivity (Wildman–Crippen MR) is 57.6 cm³/mol. The van der Waals surface area contributed by atoms with Crippen LogP contribution in [0.4, 0.5) is 5.88 Å². The van der Waals surface area contributed by atoms with Crippen LogP contribution < -0.4 is 5.32 Å². The fourth-order valence-corrected chi connectivity index (χ4v) is 1.35. The number of carbonyl (C=O) groups is 1. The van der Waals surface area contributed by atoms with Gasteiger partial charge in [-0.25, -0.2) is 0 Å². The van der Waals surface area contributed by atoms with Gasteiger partial charge < -0.3 is 9.73 Å². The third-order valence-electron chi connectivity index (χ3n) is 2.01. The Kier molecular flexibility index (Phi) is 4.30. The van der Waals surface area contributed by atoms with E-state index in [2.05, 4.69) is 5.32 Å². The highest BCUT2D eigenvalue weighted by Crippen LogP contribution is 2.15. The second-order valence-corrected chi connectivity index (χ2v) is 3.44. The smallest absolute Gasteiger partial charge is 0.395 e. The highest BCUT2D eigenvalue weighted by molar-refractivity contribution is 6.18. The number of furan rings is 1. The maximum absolute atomic E-state index is 11.5. The molecule has 0 fully saturated rings. The molecule has 0 aliphatic rings. The number of nitro groups is 1. The van der Waals surface area contributed by atoms with Gasteiger partial charge in [-0.1, -0.05) is 6.92 Å². The minimum atomic E-state index is -0.699. The minimum Gasteiger partial charge on any atom is -0.395 e. The molecule has 1 rings (SSSR count). The number of amides is 1. The molecule has 0 bridgehead atoms. The molecule has 7 heteroatoms. The zero-order valence-electron chi connectivity index (χ0n) is 8.60. The lowest BCUT2D eigenvalue weighted by molar-refractivity contribution is -0.402. The van der Waals surface area contributed by atoms with Crippen LogP contribution >= 0.6 is 11.6 Å². The molecule has 1 atom stereocenters. The van der Waals surface area contributed by atoms with Gasteiger partial charge in [0, 0.05) is 11.9 Å². The lowest BCUT2D eigenvalue weighted by Crippen LogP contribution is -2.35. The van der Waals surface area contributed by atoms with Crippen LogP contribution in [0.5, 0.6) is 0 Å². The molecule has 88 valence electrons. The van der Waals surface area contributed by atoms with Crippen LogP contribution in [0.3, 0.4) is 0 Å². The van der Waals surface area contributed by atoms with Gasteiger partial charge in [0.1, 0.15) is 4.92 Å². The molecule has 1 heterocycles. The molecule has 1 amide bonds. The lowest BCUT2D eigenvalue weighted by Gasteiger charge is -2.11. The Morgan fingerprint density at radius 1 is 1.69 bits per heavy atom. The van der Waals surface area contributed by atoms with Gasteiger partial charge in [-0.15, -0.1) is 11.6 Å². The van der Waals surface area contributed by atoms with Gasteiger partial charge in [-0.3, -0.25) is 14.9 Å². The molecule has 1 aromatic heterocycles. The first-order valence-electron chi connectivity index (χ1n) is 4.69. The summed E-state index contributed by atoms with van der Waals surface area (Å²) in [6.45, 7) is 1.87. The van der Waals surface area contributed by atoms with Crippen LogP contribution in [0.15, 0.2) is 16.5 Å². The van der Waals surface area contributed by atoms with E-state index in [9.17, 15) is 14.9 Å².